The number of anilines is 1. The second-order valence-corrected chi connectivity index (χ2v) is 7.01. The van der Waals surface area contributed by atoms with Crippen molar-refractivity contribution in [2.45, 2.75) is 27.7 Å². The van der Waals surface area contributed by atoms with E-state index in [1.54, 1.807) is 20.8 Å². The molecule has 2 N–H and O–H groups in total. The maximum atomic E-state index is 12.7. The molecule has 0 aliphatic heterocycles. The molecule has 0 unspecified atom stereocenters. The number of amides is 1. The van der Waals surface area contributed by atoms with Gasteiger partial charge in [-0.3, -0.25) is 10.1 Å². The maximum Gasteiger partial charge on any atom is 0.340 e. The molecule has 7 heteroatoms. The summed E-state index contributed by atoms with van der Waals surface area (Å²) >= 11 is 1.36. The Morgan fingerprint density at radius 1 is 1.22 bits per heavy atom. The van der Waals surface area contributed by atoms with Crippen LogP contribution in [-0.4, -0.2) is 28.5 Å². The summed E-state index contributed by atoms with van der Waals surface area (Å²) in [6.07, 6.45) is 0. The molecule has 6 nitrogen and oxygen atoms in total. The Labute approximate surface area is 161 Å². The lowest BCUT2D eigenvalue weighted by Crippen LogP contribution is -2.14. The predicted octanol–water partition coefficient (Wildman–Crippen LogP) is 4.49. The van der Waals surface area contributed by atoms with Crippen molar-refractivity contribution >= 4 is 28.3 Å². The van der Waals surface area contributed by atoms with E-state index in [1.807, 2.05) is 36.6 Å². The van der Waals surface area contributed by atoms with Gasteiger partial charge < -0.3 is 9.72 Å². The molecule has 0 aliphatic rings. The molecule has 27 heavy (non-hydrogen) atoms. The summed E-state index contributed by atoms with van der Waals surface area (Å²) in [5.74, 6) is -0.768. The van der Waals surface area contributed by atoms with Crippen LogP contribution >= 0.6 is 11.3 Å². The number of hydrogen-bond donors (Lipinski definition) is 2. The zero-order valence-corrected chi connectivity index (χ0v) is 16.5. The molecule has 0 saturated carbocycles. The molecule has 2 aromatic heterocycles. The van der Waals surface area contributed by atoms with E-state index < -0.39 is 5.97 Å². The van der Waals surface area contributed by atoms with Crippen molar-refractivity contribution in [3.05, 3.63) is 57.7 Å². The van der Waals surface area contributed by atoms with Gasteiger partial charge in [-0.2, -0.15) is 0 Å². The molecular formula is C20H21N3O3S. The summed E-state index contributed by atoms with van der Waals surface area (Å²) in [5, 5.41) is 5.22. The number of aryl methyl sites for hydroxylation is 2. The number of aromatic amines is 1. The Kier molecular flexibility index (Phi) is 5.41. The van der Waals surface area contributed by atoms with E-state index in [0.29, 0.717) is 27.6 Å². The summed E-state index contributed by atoms with van der Waals surface area (Å²) in [5.41, 5.74) is 4.89. The first-order valence-electron chi connectivity index (χ1n) is 8.61. The van der Waals surface area contributed by atoms with Crippen molar-refractivity contribution in [2.24, 2.45) is 0 Å². The summed E-state index contributed by atoms with van der Waals surface area (Å²) in [4.78, 5) is 32.2. The number of esters is 1. The molecule has 0 spiro atoms. The highest BCUT2D eigenvalue weighted by atomic mass is 32.1. The third kappa shape index (κ3) is 3.78. The van der Waals surface area contributed by atoms with Gasteiger partial charge in [0, 0.05) is 16.6 Å². The van der Waals surface area contributed by atoms with Gasteiger partial charge in [-0.05, 0) is 38.8 Å². The minimum atomic E-state index is -0.432. The second kappa shape index (κ2) is 7.75. The van der Waals surface area contributed by atoms with Crippen LogP contribution in [0.3, 0.4) is 0 Å². The van der Waals surface area contributed by atoms with Gasteiger partial charge in [-0.25, -0.2) is 9.78 Å². The van der Waals surface area contributed by atoms with Crippen molar-refractivity contribution in [1.82, 2.24) is 9.97 Å². The lowest BCUT2D eigenvalue weighted by Gasteiger charge is -2.03. The van der Waals surface area contributed by atoms with Crippen molar-refractivity contribution in [3.63, 3.8) is 0 Å². The highest BCUT2D eigenvalue weighted by Crippen LogP contribution is 2.28. The molecule has 3 aromatic rings. The Morgan fingerprint density at radius 3 is 2.67 bits per heavy atom. The molecule has 0 bridgehead atoms. The largest absolute Gasteiger partial charge is 0.462 e. The zero-order valence-electron chi connectivity index (χ0n) is 15.7. The van der Waals surface area contributed by atoms with Gasteiger partial charge >= 0.3 is 5.97 Å². The molecule has 0 saturated heterocycles. The number of carbonyl (C=O) groups excluding carboxylic acids is 2. The number of hydrogen-bond acceptors (Lipinski definition) is 5. The van der Waals surface area contributed by atoms with Crippen molar-refractivity contribution in [2.75, 3.05) is 11.9 Å². The van der Waals surface area contributed by atoms with Crippen LogP contribution in [0.5, 0.6) is 0 Å². The number of benzene rings is 1. The fraction of sp³-hybridized carbons (Fsp3) is 0.250. The lowest BCUT2D eigenvalue weighted by atomic mass is 10.1. The number of rotatable bonds is 5. The monoisotopic (exact) mass is 383 g/mol. The number of thiazole rings is 1. The molecule has 2 heterocycles. The molecule has 140 valence electrons. The van der Waals surface area contributed by atoms with Gasteiger partial charge in [-0.15, -0.1) is 11.3 Å². The fourth-order valence-corrected chi connectivity index (χ4v) is 3.67. The van der Waals surface area contributed by atoms with E-state index in [0.717, 1.165) is 16.8 Å². The van der Waals surface area contributed by atoms with E-state index in [2.05, 4.69) is 15.3 Å². The van der Waals surface area contributed by atoms with Crippen LogP contribution in [0.1, 0.15) is 44.6 Å². The molecule has 1 amide bonds. The van der Waals surface area contributed by atoms with Crippen molar-refractivity contribution < 1.29 is 14.3 Å². The van der Waals surface area contributed by atoms with Crippen LogP contribution in [0.2, 0.25) is 0 Å². The average molecular weight is 383 g/mol. The van der Waals surface area contributed by atoms with E-state index in [9.17, 15) is 9.59 Å². The topological polar surface area (TPSA) is 84.1 Å². The number of carbonyl (C=O) groups is 2. The first kappa shape index (κ1) is 18.8. The molecule has 0 aliphatic carbocycles. The molecule has 1 aromatic carbocycles. The molecule has 0 radical (unpaired) electrons. The maximum absolute atomic E-state index is 12.7. The van der Waals surface area contributed by atoms with Crippen LogP contribution < -0.4 is 5.32 Å². The van der Waals surface area contributed by atoms with Crippen LogP contribution in [0.25, 0.3) is 11.3 Å². The normalized spacial score (nSPS) is 10.7. The molecule has 0 fully saturated rings. The van der Waals surface area contributed by atoms with Gasteiger partial charge in [0.25, 0.3) is 5.91 Å². The standard InChI is InChI=1S/C20H21N3O3S/c1-5-26-19(25)16-12(3)17(21-13(16)4)18(24)23-20-22-15(10-27-20)14-9-7-6-8-11(14)2/h6-10,21H,5H2,1-4H3,(H,22,23,24). The summed E-state index contributed by atoms with van der Waals surface area (Å²) < 4.78 is 5.06. The van der Waals surface area contributed by atoms with E-state index in [-0.39, 0.29) is 12.5 Å². The SMILES string of the molecule is CCOC(=O)c1c(C)[nH]c(C(=O)Nc2nc(-c3ccccc3C)cs2)c1C. The average Bonchev–Trinajstić information content (AvgIpc) is 3.19. The van der Waals surface area contributed by atoms with Crippen molar-refractivity contribution in [3.8, 4) is 11.3 Å². The number of ether oxygens (including phenoxy) is 1. The third-order valence-corrected chi connectivity index (χ3v) is 5.05. The van der Waals surface area contributed by atoms with Gasteiger partial charge in [0.1, 0.15) is 5.69 Å². The Morgan fingerprint density at radius 2 is 1.96 bits per heavy atom. The van der Waals surface area contributed by atoms with Gasteiger partial charge in [0.05, 0.1) is 17.9 Å². The quantitative estimate of drug-likeness (QED) is 0.636. The zero-order chi connectivity index (χ0) is 19.6. The second-order valence-electron chi connectivity index (χ2n) is 6.15. The van der Waals surface area contributed by atoms with Crippen LogP contribution in [0.4, 0.5) is 5.13 Å². The summed E-state index contributed by atoms with van der Waals surface area (Å²) in [6, 6.07) is 7.96. The smallest absolute Gasteiger partial charge is 0.340 e. The summed E-state index contributed by atoms with van der Waals surface area (Å²) in [6.45, 7) is 7.53. The molecular weight excluding hydrogens is 362 g/mol. The van der Waals surface area contributed by atoms with Gasteiger partial charge in [0.15, 0.2) is 5.13 Å². The minimum Gasteiger partial charge on any atom is -0.462 e. The highest BCUT2D eigenvalue weighted by molar-refractivity contribution is 7.14. The van der Waals surface area contributed by atoms with E-state index in [1.165, 1.54) is 11.3 Å². The number of H-pyrrole nitrogens is 1. The van der Waals surface area contributed by atoms with E-state index in [4.69, 9.17) is 4.74 Å². The number of aromatic nitrogens is 2. The first-order chi connectivity index (χ1) is 12.9. The lowest BCUT2D eigenvalue weighted by molar-refractivity contribution is 0.0525. The molecule has 0 atom stereocenters. The van der Waals surface area contributed by atoms with Crippen LogP contribution in [0, 0.1) is 20.8 Å². The third-order valence-electron chi connectivity index (χ3n) is 4.29. The number of nitrogens with one attached hydrogen (secondary N) is 2. The van der Waals surface area contributed by atoms with Crippen LogP contribution in [0.15, 0.2) is 29.6 Å². The van der Waals surface area contributed by atoms with Crippen molar-refractivity contribution in [1.29, 1.82) is 0 Å². The number of nitrogens with zero attached hydrogens (tertiary/aromatic N) is 1. The van der Waals surface area contributed by atoms with Crippen LogP contribution in [-0.2, 0) is 4.74 Å². The van der Waals surface area contributed by atoms with Gasteiger partial charge in [0.2, 0.25) is 0 Å². The Bertz CT molecular complexity index is 1000. The predicted molar refractivity (Wildman–Crippen MR) is 106 cm³/mol. The fourth-order valence-electron chi connectivity index (χ4n) is 2.96. The molecule has 3 rings (SSSR count). The first-order valence-corrected chi connectivity index (χ1v) is 9.49. The Balaban J connectivity index is 1.82. The van der Waals surface area contributed by atoms with E-state index >= 15 is 0 Å². The van der Waals surface area contributed by atoms with Gasteiger partial charge in [-0.1, -0.05) is 24.3 Å². The summed E-state index contributed by atoms with van der Waals surface area (Å²) in [7, 11) is 0. The Hall–Kier alpha value is -2.93. The highest BCUT2D eigenvalue weighted by Gasteiger charge is 2.23. The minimum absolute atomic E-state index is 0.283.